The quantitative estimate of drug-likeness (QED) is 0.695. The van der Waals surface area contributed by atoms with E-state index in [4.69, 9.17) is 18.9 Å². The fraction of sp³-hybridized carbons (Fsp3) is 0.875. The molecule has 0 aromatic heterocycles. The zero-order chi connectivity index (χ0) is 17.7. The van der Waals surface area contributed by atoms with Gasteiger partial charge in [0, 0.05) is 19.4 Å². The van der Waals surface area contributed by atoms with Crippen LogP contribution in [-0.4, -0.2) is 61.8 Å². The summed E-state index contributed by atoms with van der Waals surface area (Å²) in [7, 11) is 1.49. The molecule has 1 heterocycles. The number of carbonyl (C=O) groups is 2. The van der Waals surface area contributed by atoms with Crippen LogP contribution in [0.4, 0.5) is 4.79 Å². The third-order valence-electron chi connectivity index (χ3n) is 3.44. The molecule has 1 aliphatic rings. The van der Waals surface area contributed by atoms with Gasteiger partial charge in [-0.15, -0.1) is 0 Å². The highest BCUT2D eigenvalue weighted by atomic mass is 16.7. The van der Waals surface area contributed by atoms with Gasteiger partial charge in [0.2, 0.25) is 0 Å². The van der Waals surface area contributed by atoms with Crippen molar-refractivity contribution >= 4 is 12.1 Å². The van der Waals surface area contributed by atoms with Gasteiger partial charge in [0.1, 0.15) is 12.1 Å². The van der Waals surface area contributed by atoms with Crippen molar-refractivity contribution < 1.29 is 28.5 Å². The fourth-order valence-electron chi connectivity index (χ4n) is 2.19. The highest BCUT2D eigenvalue weighted by molar-refractivity contribution is 5.77. The molecule has 1 amide bonds. The maximum atomic E-state index is 11.8. The second-order valence-electron chi connectivity index (χ2n) is 6.97. The third kappa shape index (κ3) is 6.35. The van der Waals surface area contributed by atoms with E-state index in [1.807, 2.05) is 13.8 Å². The van der Waals surface area contributed by atoms with Crippen LogP contribution < -0.4 is 0 Å². The second kappa shape index (κ2) is 7.97. The lowest BCUT2D eigenvalue weighted by molar-refractivity contribution is -0.199. The summed E-state index contributed by atoms with van der Waals surface area (Å²) in [6.45, 7) is 10.4. The maximum absolute atomic E-state index is 11.8. The predicted octanol–water partition coefficient (Wildman–Crippen LogP) is 2.19. The van der Waals surface area contributed by atoms with Gasteiger partial charge in [-0.05, 0) is 20.8 Å². The van der Waals surface area contributed by atoms with Gasteiger partial charge in [0.25, 0.3) is 0 Å². The van der Waals surface area contributed by atoms with Crippen LogP contribution in [0, 0.1) is 5.92 Å². The van der Waals surface area contributed by atoms with E-state index < -0.39 is 23.5 Å². The van der Waals surface area contributed by atoms with Crippen molar-refractivity contribution in [2.75, 3.05) is 33.4 Å². The molecule has 7 nitrogen and oxygen atoms in total. The normalized spacial score (nSPS) is 17.2. The van der Waals surface area contributed by atoms with Crippen LogP contribution in [0.15, 0.2) is 0 Å². The molecule has 0 aliphatic carbocycles. The van der Waals surface area contributed by atoms with Crippen LogP contribution in [0.5, 0.6) is 0 Å². The van der Waals surface area contributed by atoms with Crippen molar-refractivity contribution in [3.8, 4) is 0 Å². The minimum Gasteiger partial charge on any atom is -0.464 e. The summed E-state index contributed by atoms with van der Waals surface area (Å²) in [5.41, 5.74) is -0.601. The Hall–Kier alpha value is -1.34. The summed E-state index contributed by atoms with van der Waals surface area (Å²) in [6, 6.07) is 0. The zero-order valence-corrected chi connectivity index (χ0v) is 15.0. The van der Waals surface area contributed by atoms with E-state index in [9.17, 15) is 9.59 Å². The molecule has 0 radical (unpaired) electrons. The molecule has 0 saturated carbocycles. The number of carbonyl (C=O) groups excluding carboxylic acids is 2. The number of rotatable bonds is 6. The minimum absolute atomic E-state index is 0.160. The summed E-state index contributed by atoms with van der Waals surface area (Å²) >= 11 is 0. The van der Waals surface area contributed by atoms with E-state index in [-0.39, 0.29) is 19.1 Å². The van der Waals surface area contributed by atoms with Crippen molar-refractivity contribution in [3.63, 3.8) is 0 Å². The molecule has 0 atom stereocenters. The number of nitrogens with zero attached hydrogens (tertiary/aromatic N) is 1. The highest BCUT2D eigenvalue weighted by Crippen LogP contribution is 2.31. The van der Waals surface area contributed by atoms with E-state index >= 15 is 0 Å². The van der Waals surface area contributed by atoms with Crippen LogP contribution in [0.1, 0.15) is 41.0 Å². The average Bonchev–Trinajstić information content (AvgIpc) is 2.86. The summed E-state index contributed by atoms with van der Waals surface area (Å²) in [5.74, 6) is -1.01. The van der Waals surface area contributed by atoms with Gasteiger partial charge in [-0.3, -0.25) is 4.79 Å². The SMILES string of the molecule is CC(C)C1(CCOC(=O)CN(C)C(=O)OC(C)(C)C)OCCO1. The first-order valence-corrected chi connectivity index (χ1v) is 7.93. The Morgan fingerprint density at radius 1 is 1.22 bits per heavy atom. The van der Waals surface area contributed by atoms with Crippen LogP contribution in [0.2, 0.25) is 0 Å². The Bertz CT molecular complexity index is 409. The lowest BCUT2D eigenvalue weighted by Crippen LogP contribution is -2.39. The van der Waals surface area contributed by atoms with E-state index in [0.29, 0.717) is 19.6 Å². The number of amides is 1. The molecule has 1 saturated heterocycles. The van der Waals surface area contributed by atoms with Crippen LogP contribution in [0.25, 0.3) is 0 Å². The van der Waals surface area contributed by atoms with E-state index in [0.717, 1.165) is 0 Å². The van der Waals surface area contributed by atoms with Gasteiger partial charge in [0.15, 0.2) is 5.79 Å². The Morgan fingerprint density at radius 2 is 1.78 bits per heavy atom. The van der Waals surface area contributed by atoms with Gasteiger partial charge in [0.05, 0.1) is 19.8 Å². The molecule has 0 aromatic rings. The van der Waals surface area contributed by atoms with Crippen molar-refractivity contribution in [3.05, 3.63) is 0 Å². The summed E-state index contributed by atoms with van der Waals surface area (Å²) in [5, 5.41) is 0. The minimum atomic E-state index is -0.683. The largest absolute Gasteiger partial charge is 0.464 e. The molecule has 0 aromatic carbocycles. The number of likely N-dealkylation sites (N-methyl/N-ethyl adjacent to an activating group) is 1. The molecule has 23 heavy (non-hydrogen) atoms. The molecule has 0 bridgehead atoms. The van der Waals surface area contributed by atoms with Gasteiger partial charge in [-0.25, -0.2) is 4.79 Å². The zero-order valence-electron chi connectivity index (χ0n) is 15.0. The molecule has 1 fully saturated rings. The Balaban J connectivity index is 2.35. The molecule has 1 aliphatic heterocycles. The monoisotopic (exact) mass is 331 g/mol. The van der Waals surface area contributed by atoms with E-state index in [1.54, 1.807) is 20.8 Å². The number of esters is 1. The number of hydrogen-bond donors (Lipinski definition) is 0. The first-order chi connectivity index (χ1) is 10.6. The summed E-state index contributed by atoms with van der Waals surface area (Å²) in [4.78, 5) is 24.8. The lowest BCUT2D eigenvalue weighted by atomic mass is 10.00. The second-order valence-corrected chi connectivity index (χ2v) is 6.97. The van der Waals surface area contributed by atoms with Crippen LogP contribution >= 0.6 is 0 Å². The van der Waals surface area contributed by atoms with Crippen molar-refractivity contribution in [2.45, 2.75) is 52.4 Å². The van der Waals surface area contributed by atoms with E-state index in [2.05, 4.69) is 0 Å². The average molecular weight is 331 g/mol. The summed E-state index contributed by atoms with van der Waals surface area (Å²) < 4.78 is 21.7. The first kappa shape index (κ1) is 19.7. The van der Waals surface area contributed by atoms with Crippen LogP contribution in [-0.2, 0) is 23.7 Å². The Labute approximate surface area is 138 Å². The first-order valence-electron chi connectivity index (χ1n) is 7.93. The topological polar surface area (TPSA) is 74.3 Å². The standard InChI is InChI=1S/C16H29NO6/c1-12(2)16(21-9-10-22-16)7-8-20-13(18)11-17(6)14(19)23-15(3,4)5/h12H,7-11H2,1-6H3. The summed E-state index contributed by atoms with van der Waals surface area (Å²) in [6.07, 6.45) is -0.0948. The Morgan fingerprint density at radius 3 is 2.26 bits per heavy atom. The molecular weight excluding hydrogens is 302 g/mol. The molecule has 0 spiro atoms. The van der Waals surface area contributed by atoms with Crippen molar-refractivity contribution in [2.24, 2.45) is 5.92 Å². The smallest absolute Gasteiger partial charge is 0.410 e. The third-order valence-corrected chi connectivity index (χ3v) is 3.44. The van der Waals surface area contributed by atoms with E-state index in [1.165, 1.54) is 11.9 Å². The molecule has 0 N–H and O–H groups in total. The predicted molar refractivity (Wildman–Crippen MR) is 83.9 cm³/mol. The van der Waals surface area contributed by atoms with Crippen molar-refractivity contribution in [1.29, 1.82) is 0 Å². The Kier molecular flexibility index (Phi) is 6.83. The fourth-order valence-corrected chi connectivity index (χ4v) is 2.19. The number of ether oxygens (including phenoxy) is 4. The van der Waals surface area contributed by atoms with Gasteiger partial charge in [-0.2, -0.15) is 0 Å². The lowest BCUT2D eigenvalue weighted by Gasteiger charge is -2.31. The molecule has 1 rings (SSSR count). The molecule has 134 valence electrons. The molecule has 7 heteroatoms. The van der Waals surface area contributed by atoms with Crippen LogP contribution in [0.3, 0.4) is 0 Å². The molecular formula is C16H29NO6. The number of hydrogen-bond acceptors (Lipinski definition) is 6. The highest BCUT2D eigenvalue weighted by Gasteiger charge is 2.39. The van der Waals surface area contributed by atoms with Gasteiger partial charge < -0.3 is 23.8 Å². The van der Waals surface area contributed by atoms with Gasteiger partial charge in [-0.1, -0.05) is 13.8 Å². The van der Waals surface area contributed by atoms with Crippen molar-refractivity contribution in [1.82, 2.24) is 4.90 Å². The maximum Gasteiger partial charge on any atom is 0.410 e. The molecule has 0 unspecified atom stereocenters. The van der Waals surface area contributed by atoms with Gasteiger partial charge >= 0.3 is 12.1 Å².